The third-order valence-electron chi connectivity index (χ3n) is 5.70. The maximum Gasteiger partial charge on any atom is 0.112 e. The van der Waals surface area contributed by atoms with Crippen LogP contribution >= 0.6 is 0 Å². The van der Waals surface area contributed by atoms with E-state index in [0.717, 1.165) is 31.5 Å². The van der Waals surface area contributed by atoms with Crippen molar-refractivity contribution in [3.05, 3.63) is 64.0 Å². The molecule has 0 saturated carbocycles. The van der Waals surface area contributed by atoms with Crippen LogP contribution in [0.15, 0.2) is 30.3 Å². The van der Waals surface area contributed by atoms with Crippen molar-refractivity contribution in [3.8, 4) is 0 Å². The first-order valence-electron chi connectivity index (χ1n) is 9.95. The molecule has 2 heteroatoms. The number of rotatable bonds is 1. The van der Waals surface area contributed by atoms with Crippen LogP contribution in [0.3, 0.4) is 0 Å². The molecule has 2 aromatic carbocycles. The molecule has 0 fully saturated rings. The molecular weight excluding hydrogens is 316 g/mol. The van der Waals surface area contributed by atoms with Gasteiger partial charge in [0.2, 0.25) is 0 Å². The summed E-state index contributed by atoms with van der Waals surface area (Å²) in [6, 6.07) is 11.8. The van der Waals surface area contributed by atoms with E-state index in [0.29, 0.717) is 5.92 Å². The van der Waals surface area contributed by atoms with Gasteiger partial charge in [-0.3, -0.25) is 0 Å². The normalized spacial score (nSPS) is 14.8. The van der Waals surface area contributed by atoms with Crippen LogP contribution in [0.2, 0.25) is 0 Å². The Morgan fingerprint density at radius 2 is 1.54 bits per heavy atom. The van der Waals surface area contributed by atoms with Crippen molar-refractivity contribution in [1.29, 1.82) is 0 Å². The summed E-state index contributed by atoms with van der Waals surface area (Å²) >= 11 is 0. The molecule has 136 valence electrons. The van der Waals surface area contributed by atoms with Gasteiger partial charge in [-0.2, -0.15) is 0 Å². The van der Waals surface area contributed by atoms with Crippen molar-refractivity contribution in [2.75, 3.05) is 0 Å². The van der Waals surface area contributed by atoms with Crippen molar-refractivity contribution in [2.24, 2.45) is 0 Å². The molecule has 4 aliphatic rings. The van der Waals surface area contributed by atoms with Gasteiger partial charge in [-0.05, 0) is 59.4 Å². The zero-order valence-corrected chi connectivity index (χ0v) is 16.7. The first-order valence-corrected chi connectivity index (χ1v) is 9.95. The topological polar surface area (TPSA) is 28.7 Å². The summed E-state index contributed by atoms with van der Waals surface area (Å²) in [5.74, 6) is 1.67. The minimum Gasteiger partial charge on any atom is -0.341 e. The van der Waals surface area contributed by atoms with E-state index in [1.54, 1.807) is 0 Å². The average molecular weight is 347 g/mol. The molecule has 1 aromatic heterocycles. The Labute approximate surface area is 157 Å². The van der Waals surface area contributed by atoms with Gasteiger partial charge >= 0.3 is 0 Å². The summed E-state index contributed by atoms with van der Waals surface area (Å²) < 4.78 is 0. The lowest BCUT2D eigenvalue weighted by molar-refractivity contribution is 0.554. The molecule has 1 N–H and O–H groups in total. The van der Waals surface area contributed by atoms with Gasteiger partial charge < -0.3 is 4.98 Å². The van der Waals surface area contributed by atoms with Gasteiger partial charge in [0.1, 0.15) is 5.82 Å². The van der Waals surface area contributed by atoms with Crippen LogP contribution in [0.1, 0.15) is 74.2 Å². The standard InChI is InChI=1S/C24H30N2/c1-15(2)20-14-16-6-8-17(20)10-11-19-13-12-18(9-7-16)21-22(19)26-23(25-21)24(3,4)5/h6,8,12-15H,7,9-11H2,1-5H3,(H,25,26). The average Bonchev–Trinajstić information content (AvgIpc) is 3.02. The number of aryl methyl sites for hydroxylation is 4. The summed E-state index contributed by atoms with van der Waals surface area (Å²) in [4.78, 5) is 8.69. The Hall–Kier alpha value is -2.09. The monoisotopic (exact) mass is 346 g/mol. The summed E-state index contributed by atoms with van der Waals surface area (Å²) in [6.45, 7) is 11.3. The van der Waals surface area contributed by atoms with Gasteiger partial charge in [0.05, 0.1) is 11.0 Å². The van der Waals surface area contributed by atoms with E-state index >= 15 is 0 Å². The molecule has 2 nitrogen and oxygen atoms in total. The van der Waals surface area contributed by atoms with Gasteiger partial charge in [-0.25, -0.2) is 4.98 Å². The lowest BCUT2D eigenvalue weighted by Gasteiger charge is -2.17. The molecule has 4 bridgehead atoms. The minimum absolute atomic E-state index is 0.0397. The minimum atomic E-state index is 0.0397. The number of H-pyrrole nitrogens is 1. The summed E-state index contributed by atoms with van der Waals surface area (Å²) in [6.07, 6.45) is 4.27. The molecule has 4 aliphatic carbocycles. The second kappa shape index (κ2) is 6.26. The molecule has 0 spiro atoms. The Balaban J connectivity index is 1.85. The number of aromatic nitrogens is 2. The zero-order valence-electron chi connectivity index (χ0n) is 16.7. The van der Waals surface area contributed by atoms with Crippen LogP contribution in [0.4, 0.5) is 0 Å². The molecule has 0 atom stereocenters. The van der Waals surface area contributed by atoms with Crippen LogP contribution in [-0.4, -0.2) is 9.97 Å². The van der Waals surface area contributed by atoms with Crippen LogP contribution in [0.5, 0.6) is 0 Å². The second-order valence-corrected chi connectivity index (χ2v) is 9.13. The lowest BCUT2D eigenvalue weighted by atomic mass is 9.88. The van der Waals surface area contributed by atoms with E-state index in [1.165, 1.54) is 38.9 Å². The number of hydrogen-bond acceptors (Lipinski definition) is 1. The quantitative estimate of drug-likeness (QED) is 0.587. The molecule has 3 aromatic rings. The van der Waals surface area contributed by atoms with E-state index in [-0.39, 0.29) is 5.41 Å². The molecule has 0 saturated heterocycles. The van der Waals surface area contributed by atoms with Crippen LogP contribution < -0.4 is 0 Å². The van der Waals surface area contributed by atoms with Gasteiger partial charge in [0.15, 0.2) is 0 Å². The molecule has 26 heavy (non-hydrogen) atoms. The largest absolute Gasteiger partial charge is 0.341 e. The SMILES string of the molecule is CC(C)c1cc2ccc1CCc1ccc(c3[nH]c(C(C)(C)C)nc13)CC2. The van der Waals surface area contributed by atoms with Gasteiger partial charge in [0, 0.05) is 5.41 Å². The number of hydrogen-bond donors (Lipinski definition) is 1. The van der Waals surface area contributed by atoms with Crippen molar-refractivity contribution in [1.82, 2.24) is 9.97 Å². The predicted molar refractivity (Wildman–Crippen MR) is 110 cm³/mol. The number of imidazole rings is 1. The van der Waals surface area contributed by atoms with Gasteiger partial charge in [0.25, 0.3) is 0 Å². The first kappa shape index (κ1) is 17.3. The molecule has 0 radical (unpaired) electrons. The van der Waals surface area contributed by atoms with Crippen molar-refractivity contribution in [3.63, 3.8) is 0 Å². The Morgan fingerprint density at radius 3 is 2.27 bits per heavy atom. The number of nitrogens with one attached hydrogen (secondary N) is 1. The Kier molecular flexibility index (Phi) is 4.17. The Morgan fingerprint density at radius 1 is 0.885 bits per heavy atom. The van der Waals surface area contributed by atoms with E-state index in [2.05, 4.69) is 69.9 Å². The van der Waals surface area contributed by atoms with Crippen LogP contribution in [0, 0.1) is 0 Å². The predicted octanol–water partition coefficient (Wildman–Crippen LogP) is 5.87. The number of aromatic amines is 1. The highest BCUT2D eigenvalue weighted by Gasteiger charge is 2.21. The smallest absolute Gasteiger partial charge is 0.112 e. The van der Waals surface area contributed by atoms with Crippen LogP contribution in [0.25, 0.3) is 11.0 Å². The van der Waals surface area contributed by atoms with Gasteiger partial charge in [-0.1, -0.05) is 65.0 Å². The fourth-order valence-corrected chi connectivity index (χ4v) is 4.08. The Bertz CT molecular complexity index is 954. The summed E-state index contributed by atoms with van der Waals surface area (Å²) in [5, 5.41) is 0. The highest BCUT2D eigenvalue weighted by atomic mass is 14.9. The zero-order chi connectivity index (χ0) is 18.5. The van der Waals surface area contributed by atoms with Crippen molar-refractivity contribution in [2.45, 2.75) is 71.6 Å². The first-order chi connectivity index (χ1) is 12.3. The highest BCUT2D eigenvalue weighted by molar-refractivity contribution is 5.82. The second-order valence-electron chi connectivity index (χ2n) is 9.13. The van der Waals surface area contributed by atoms with E-state index in [9.17, 15) is 0 Å². The third kappa shape index (κ3) is 3.06. The van der Waals surface area contributed by atoms with Crippen molar-refractivity contribution >= 4 is 11.0 Å². The molecular formula is C24H30N2. The molecule has 7 rings (SSSR count). The van der Waals surface area contributed by atoms with E-state index < -0.39 is 0 Å². The van der Waals surface area contributed by atoms with Crippen LogP contribution in [-0.2, 0) is 31.1 Å². The summed E-state index contributed by atoms with van der Waals surface area (Å²) in [5.41, 5.74) is 9.71. The summed E-state index contributed by atoms with van der Waals surface area (Å²) in [7, 11) is 0. The fourth-order valence-electron chi connectivity index (χ4n) is 4.08. The number of benzene rings is 2. The number of nitrogens with zero attached hydrogens (tertiary/aromatic N) is 1. The molecule has 0 amide bonds. The third-order valence-corrected chi connectivity index (χ3v) is 5.70. The van der Waals surface area contributed by atoms with Crippen molar-refractivity contribution < 1.29 is 0 Å². The van der Waals surface area contributed by atoms with E-state index in [4.69, 9.17) is 4.98 Å². The maximum atomic E-state index is 5.04. The lowest BCUT2D eigenvalue weighted by Crippen LogP contribution is -2.13. The molecule has 0 unspecified atom stereocenters. The highest BCUT2D eigenvalue weighted by Crippen LogP contribution is 2.30. The maximum absolute atomic E-state index is 5.04. The van der Waals surface area contributed by atoms with Gasteiger partial charge in [-0.15, -0.1) is 0 Å². The van der Waals surface area contributed by atoms with E-state index in [1.807, 2.05) is 0 Å². The fraction of sp³-hybridized carbons (Fsp3) is 0.458. The molecule has 0 aliphatic heterocycles. The molecule has 1 heterocycles.